The highest BCUT2D eigenvalue weighted by atomic mass is 35.5. The third kappa shape index (κ3) is 4.80. The molecule has 0 spiro atoms. The van der Waals surface area contributed by atoms with Crippen molar-refractivity contribution < 1.29 is 4.74 Å². The summed E-state index contributed by atoms with van der Waals surface area (Å²) in [6.45, 7) is 5.88. The van der Waals surface area contributed by atoms with Crippen molar-refractivity contribution in [1.82, 2.24) is 4.98 Å². The number of benzene rings is 1. The van der Waals surface area contributed by atoms with Crippen molar-refractivity contribution in [3.63, 3.8) is 0 Å². The van der Waals surface area contributed by atoms with Gasteiger partial charge >= 0.3 is 0 Å². The van der Waals surface area contributed by atoms with Gasteiger partial charge in [-0.05, 0) is 30.5 Å². The second kappa shape index (κ2) is 8.52. The molecule has 0 bridgehead atoms. The lowest BCUT2D eigenvalue weighted by atomic mass is 10.1. The molecule has 114 valence electrons. The Kier molecular flexibility index (Phi) is 6.68. The molecule has 2 nitrogen and oxygen atoms in total. The molecular formula is C17H22ClNOS. The van der Waals surface area contributed by atoms with E-state index in [-0.39, 0.29) is 0 Å². The van der Waals surface area contributed by atoms with Crippen molar-refractivity contribution in [2.45, 2.75) is 45.6 Å². The molecule has 0 fully saturated rings. The Bertz CT molecular complexity index is 568. The predicted molar refractivity (Wildman–Crippen MR) is 91.0 cm³/mol. The number of hydrogen-bond donors (Lipinski definition) is 0. The van der Waals surface area contributed by atoms with E-state index >= 15 is 0 Å². The fraction of sp³-hybridized carbons (Fsp3) is 0.471. The Balaban J connectivity index is 1.97. The number of thiazole rings is 1. The molecule has 0 N–H and O–H groups in total. The van der Waals surface area contributed by atoms with Gasteiger partial charge in [-0.25, -0.2) is 4.98 Å². The van der Waals surface area contributed by atoms with Crippen LogP contribution < -0.4 is 0 Å². The van der Waals surface area contributed by atoms with Crippen LogP contribution in [-0.4, -0.2) is 11.6 Å². The molecule has 0 aliphatic rings. The van der Waals surface area contributed by atoms with Crippen LogP contribution in [0.1, 0.15) is 43.0 Å². The van der Waals surface area contributed by atoms with Crippen LogP contribution in [0.25, 0.3) is 10.6 Å². The maximum Gasteiger partial charge on any atom is 0.123 e. The minimum absolute atomic E-state index is 0.471. The Hall–Kier alpha value is -0.900. The van der Waals surface area contributed by atoms with Crippen LogP contribution in [0.2, 0.25) is 0 Å². The van der Waals surface area contributed by atoms with Gasteiger partial charge in [0.15, 0.2) is 0 Å². The molecule has 0 atom stereocenters. The van der Waals surface area contributed by atoms with Gasteiger partial charge in [0, 0.05) is 17.6 Å². The number of halogens is 1. The third-order valence-electron chi connectivity index (χ3n) is 3.43. The van der Waals surface area contributed by atoms with Crippen LogP contribution in [0.15, 0.2) is 23.6 Å². The highest BCUT2D eigenvalue weighted by Crippen LogP contribution is 2.26. The predicted octanol–water partition coefficient (Wildman–Crippen LogP) is 5.56. The SMILES string of the molecule is CCCCCOCc1ccc(-c2nc(CCl)cs2)cc1C. The van der Waals surface area contributed by atoms with E-state index in [0.717, 1.165) is 29.3 Å². The quantitative estimate of drug-likeness (QED) is 0.468. The van der Waals surface area contributed by atoms with E-state index in [0.29, 0.717) is 12.5 Å². The molecular weight excluding hydrogens is 302 g/mol. The second-order valence-corrected chi connectivity index (χ2v) is 6.30. The Morgan fingerprint density at radius 2 is 2.14 bits per heavy atom. The lowest BCUT2D eigenvalue weighted by Gasteiger charge is -2.08. The van der Waals surface area contributed by atoms with Gasteiger partial charge in [-0.3, -0.25) is 0 Å². The van der Waals surface area contributed by atoms with Crippen LogP contribution in [-0.2, 0) is 17.2 Å². The first kappa shape index (κ1) is 16.5. The average molecular weight is 324 g/mol. The lowest BCUT2D eigenvalue weighted by Crippen LogP contribution is -1.97. The van der Waals surface area contributed by atoms with Crippen LogP contribution >= 0.6 is 22.9 Å². The van der Waals surface area contributed by atoms with Gasteiger partial charge < -0.3 is 4.74 Å². The maximum atomic E-state index is 5.81. The number of aryl methyl sites for hydroxylation is 1. The van der Waals surface area contributed by atoms with Crippen molar-refractivity contribution in [3.8, 4) is 10.6 Å². The minimum atomic E-state index is 0.471. The molecule has 21 heavy (non-hydrogen) atoms. The molecule has 0 radical (unpaired) electrons. The van der Waals surface area contributed by atoms with E-state index < -0.39 is 0 Å². The Morgan fingerprint density at radius 3 is 2.81 bits per heavy atom. The van der Waals surface area contributed by atoms with E-state index in [1.165, 1.54) is 24.0 Å². The van der Waals surface area contributed by atoms with Gasteiger partial charge in [-0.1, -0.05) is 31.9 Å². The summed E-state index contributed by atoms with van der Waals surface area (Å²) in [4.78, 5) is 4.52. The summed E-state index contributed by atoms with van der Waals surface area (Å²) >= 11 is 7.45. The van der Waals surface area contributed by atoms with Gasteiger partial charge in [0.2, 0.25) is 0 Å². The van der Waals surface area contributed by atoms with Crippen molar-refractivity contribution >= 4 is 22.9 Å². The number of ether oxygens (including phenoxy) is 1. The third-order valence-corrected chi connectivity index (χ3v) is 4.64. The lowest BCUT2D eigenvalue weighted by molar-refractivity contribution is 0.116. The molecule has 1 heterocycles. The smallest absolute Gasteiger partial charge is 0.123 e. The molecule has 0 saturated heterocycles. The standard InChI is InChI=1S/C17H22ClNOS/c1-3-4-5-8-20-11-15-7-6-14(9-13(15)2)17-19-16(10-18)12-21-17/h6-7,9,12H,3-5,8,10-11H2,1-2H3. The first-order valence-electron chi connectivity index (χ1n) is 7.42. The topological polar surface area (TPSA) is 22.1 Å². The van der Waals surface area contributed by atoms with Gasteiger partial charge in [0.05, 0.1) is 18.2 Å². The number of hydrogen-bond acceptors (Lipinski definition) is 3. The van der Waals surface area contributed by atoms with Crippen molar-refractivity contribution in [2.24, 2.45) is 0 Å². The molecule has 4 heteroatoms. The fourth-order valence-corrected chi connectivity index (χ4v) is 3.17. The number of unbranched alkanes of at least 4 members (excludes halogenated alkanes) is 2. The number of nitrogens with zero attached hydrogens (tertiary/aromatic N) is 1. The second-order valence-electron chi connectivity index (χ2n) is 5.18. The summed E-state index contributed by atoms with van der Waals surface area (Å²) in [5, 5.41) is 3.05. The zero-order chi connectivity index (χ0) is 15.1. The van der Waals surface area contributed by atoms with E-state index in [1.54, 1.807) is 11.3 Å². The Morgan fingerprint density at radius 1 is 1.29 bits per heavy atom. The van der Waals surface area contributed by atoms with Crippen LogP contribution in [0, 0.1) is 6.92 Å². The molecule has 0 unspecified atom stereocenters. The molecule has 0 saturated carbocycles. The number of aromatic nitrogens is 1. The summed E-state index contributed by atoms with van der Waals surface area (Å²) in [7, 11) is 0. The zero-order valence-electron chi connectivity index (χ0n) is 12.7. The molecule has 1 aromatic carbocycles. The first-order valence-corrected chi connectivity index (χ1v) is 8.84. The molecule has 0 aliphatic heterocycles. The van der Waals surface area contributed by atoms with Crippen LogP contribution in [0.4, 0.5) is 0 Å². The summed E-state index contributed by atoms with van der Waals surface area (Å²) in [6.07, 6.45) is 3.62. The van der Waals surface area contributed by atoms with Gasteiger partial charge in [0.1, 0.15) is 5.01 Å². The van der Waals surface area contributed by atoms with Crippen molar-refractivity contribution in [3.05, 3.63) is 40.4 Å². The monoisotopic (exact) mass is 323 g/mol. The summed E-state index contributed by atoms with van der Waals surface area (Å²) in [5.74, 6) is 0.471. The summed E-state index contributed by atoms with van der Waals surface area (Å²) in [6, 6.07) is 6.45. The molecule has 0 amide bonds. The summed E-state index contributed by atoms with van der Waals surface area (Å²) < 4.78 is 5.74. The molecule has 2 rings (SSSR count). The van der Waals surface area contributed by atoms with Gasteiger partial charge in [-0.2, -0.15) is 0 Å². The normalized spacial score (nSPS) is 11.0. The fourth-order valence-electron chi connectivity index (χ4n) is 2.13. The number of rotatable bonds is 8. The first-order chi connectivity index (χ1) is 10.2. The van der Waals surface area contributed by atoms with Crippen LogP contribution in [0.5, 0.6) is 0 Å². The van der Waals surface area contributed by atoms with E-state index in [9.17, 15) is 0 Å². The highest BCUT2D eigenvalue weighted by Gasteiger charge is 2.06. The molecule has 2 aromatic rings. The van der Waals surface area contributed by atoms with Gasteiger partial charge in [-0.15, -0.1) is 22.9 Å². The highest BCUT2D eigenvalue weighted by molar-refractivity contribution is 7.13. The number of alkyl halides is 1. The van der Waals surface area contributed by atoms with E-state index in [2.05, 4.69) is 37.0 Å². The molecule has 1 aromatic heterocycles. The zero-order valence-corrected chi connectivity index (χ0v) is 14.3. The Labute approximate surface area is 136 Å². The van der Waals surface area contributed by atoms with Crippen molar-refractivity contribution in [2.75, 3.05) is 6.61 Å². The van der Waals surface area contributed by atoms with E-state index in [4.69, 9.17) is 16.3 Å². The van der Waals surface area contributed by atoms with Crippen molar-refractivity contribution in [1.29, 1.82) is 0 Å². The van der Waals surface area contributed by atoms with Gasteiger partial charge in [0.25, 0.3) is 0 Å². The molecule has 0 aliphatic carbocycles. The maximum absolute atomic E-state index is 5.81. The van der Waals surface area contributed by atoms with E-state index in [1.807, 2.05) is 5.38 Å². The minimum Gasteiger partial charge on any atom is -0.377 e. The van der Waals surface area contributed by atoms with Crippen LogP contribution in [0.3, 0.4) is 0 Å². The largest absolute Gasteiger partial charge is 0.377 e. The average Bonchev–Trinajstić information content (AvgIpc) is 2.97. The summed E-state index contributed by atoms with van der Waals surface area (Å²) in [5.41, 5.74) is 4.61.